The third-order valence-electron chi connectivity index (χ3n) is 5.35. The molecule has 2 amide bonds. The van der Waals surface area contributed by atoms with E-state index in [1.165, 1.54) is 24.3 Å². The van der Waals surface area contributed by atoms with Gasteiger partial charge < -0.3 is 4.90 Å². The van der Waals surface area contributed by atoms with Crippen molar-refractivity contribution < 1.29 is 14.0 Å². The summed E-state index contributed by atoms with van der Waals surface area (Å²) in [6.45, 7) is 3.44. The third kappa shape index (κ3) is 4.18. The van der Waals surface area contributed by atoms with Crippen molar-refractivity contribution in [1.82, 2.24) is 5.32 Å². The fourth-order valence-electron chi connectivity index (χ4n) is 3.71. The molecule has 2 aromatic carbocycles. The molecular formula is C22H18Cl2FN3O2S. The smallest absolute Gasteiger partial charge is 0.270 e. The first-order valence-corrected chi connectivity index (χ1v) is 10.8. The van der Waals surface area contributed by atoms with Crippen LogP contribution in [-0.2, 0) is 9.59 Å². The van der Waals surface area contributed by atoms with Crippen LogP contribution in [0, 0.1) is 12.7 Å². The molecule has 31 heavy (non-hydrogen) atoms. The summed E-state index contributed by atoms with van der Waals surface area (Å²) >= 11 is 17.2. The van der Waals surface area contributed by atoms with Crippen LogP contribution in [0.5, 0.6) is 0 Å². The molecule has 0 aromatic heterocycles. The molecule has 5 nitrogen and oxygen atoms in total. The van der Waals surface area contributed by atoms with Crippen LogP contribution in [0.2, 0.25) is 10.0 Å². The molecule has 1 N–H and O–H groups in total. The number of nitrogens with one attached hydrogen (secondary N) is 1. The molecule has 0 saturated carbocycles. The highest BCUT2D eigenvalue weighted by molar-refractivity contribution is 7.80. The fraction of sp³-hybridized carbons (Fsp3) is 0.227. The normalized spacial score (nSPS) is 18.2. The Kier molecular flexibility index (Phi) is 6.01. The highest BCUT2D eigenvalue weighted by Crippen LogP contribution is 2.31. The number of anilines is 2. The van der Waals surface area contributed by atoms with Crippen molar-refractivity contribution in [3.05, 3.63) is 62.9 Å². The molecule has 2 aliphatic heterocycles. The van der Waals surface area contributed by atoms with E-state index in [0.717, 1.165) is 36.4 Å². The van der Waals surface area contributed by atoms with Crippen LogP contribution >= 0.6 is 35.4 Å². The van der Waals surface area contributed by atoms with Gasteiger partial charge in [-0.15, -0.1) is 0 Å². The SMILES string of the molecule is Cc1cc(N2CCCC2)c(F)cc1/C=C1\C(=O)NC(=S)N(c2ccc(Cl)c(Cl)c2)C1=O. The number of thiocarbonyl (C=S) groups is 1. The van der Waals surface area contributed by atoms with Crippen LogP contribution in [0.3, 0.4) is 0 Å². The van der Waals surface area contributed by atoms with E-state index < -0.39 is 11.8 Å². The van der Waals surface area contributed by atoms with Crippen molar-refractivity contribution in [2.75, 3.05) is 22.9 Å². The van der Waals surface area contributed by atoms with E-state index in [-0.39, 0.29) is 21.5 Å². The van der Waals surface area contributed by atoms with E-state index in [2.05, 4.69) is 5.32 Å². The molecule has 0 radical (unpaired) electrons. The summed E-state index contributed by atoms with van der Waals surface area (Å²) in [5, 5.41) is 3.00. The third-order valence-corrected chi connectivity index (χ3v) is 6.37. The van der Waals surface area contributed by atoms with Gasteiger partial charge in [-0.05, 0) is 79.5 Å². The minimum absolute atomic E-state index is 0.0715. The largest absolute Gasteiger partial charge is 0.369 e. The Bertz CT molecular complexity index is 1150. The van der Waals surface area contributed by atoms with E-state index in [0.29, 0.717) is 22.0 Å². The lowest BCUT2D eigenvalue weighted by Crippen LogP contribution is -2.54. The van der Waals surface area contributed by atoms with Crippen LogP contribution in [0.15, 0.2) is 35.9 Å². The van der Waals surface area contributed by atoms with Gasteiger partial charge in [0.05, 0.1) is 21.4 Å². The van der Waals surface area contributed by atoms with Crippen LogP contribution in [0.25, 0.3) is 6.08 Å². The van der Waals surface area contributed by atoms with Crippen LogP contribution in [0.1, 0.15) is 24.0 Å². The quantitative estimate of drug-likeness (QED) is 0.389. The minimum atomic E-state index is -0.644. The highest BCUT2D eigenvalue weighted by Gasteiger charge is 2.35. The Morgan fingerprint density at radius 3 is 2.48 bits per heavy atom. The summed E-state index contributed by atoms with van der Waals surface area (Å²) in [4.78, 5) is 28.8. The summed E-state index contributed by atoms with van der Waals surface area (Å²) in [7, 11) is 0. The number of amides is 2. The monoisotopic (exact) mass is 477 g/mol. The second-order valence-corrected chi connectivity index (χ2v) is 8.61. The molecule has 0 unspecified atom stereocenters. The van der Waals surface area contributed by atoms with Gasteiger partial charge >= 0.3 is 0 Å². The van der Waals surface area contributed by atoms with Crippen molar-refractivity contribution in [3.8, 4) is 0 Å². The van der Waals surface area contributed by atoms with Crippen LogP contribution in [-0.4, -0.2) is 30.0 Å². The number of halogens is 3. The predicted molar refractivity (Wildman–Crippen MR) is 125 cm³/mol. The summed E-state index contributed by atoms with van der Waals surface area (Å²) < 4.78 is 14.8. The Labute approximate surface area is 194 Å². The van der Waals surface area contributed by atoms with E-state index >= 15 is 0 Å². The van der Waals surface area contributed by atoms with Gasteiger partial charge in [-0.1, -0.05) is 23.2 Å². The Balaban J connectivity index is 1.71. The maximum atomic E-state index is 14.8. The van der Waals surface area contributed by atoms with Crippen LogP contribution < -0.4 is 15.1 Å². The molecule has 9 heteroatoms. The average Bonchev–Trinajstić information content (AvgIpc) is 3.24. The Morgan fingerprint density at radius 2 is 1.81 bits per heavy atom. The second-order valence-electron chi connectivity index (χ2n) is 7.41. The molecule has 0 atom stereocenters. The molecule has 2 aromatic rings. The Hall–Kier alpha value is -2.48. The van der Waals surface area contributed by atoms with Gasteiger partial charge in [-0.2, -0.15) is 0 Å². The highest BCUT2D eigenvalue weighted by atomic mass is 35.5. The van der Waals surface area contributed by atoms with Gasteiger partial charge in [0.1, 0.15) is 11.4 Å². The minimum Gasteiger partial charge on any atom is -0.369 e. The first-order valence-electron chi connectivity index (χ1n) is 9.68. The fourth-order valence-corrected chi connectivity index (χ4v) is 4.28. The number of carbonyl (C=O) groups is 2. The lowest BCUT2D eigenvalue weighted by molar-refractivity contribution is -0.122. The number of hydrogen-bond donors (Lipinski definition) is 1. The molecule has 0 aliphatic carbocycles. The van der Waals surface area contributed by atoms with Gasteiger partial charge in [-0.25, -0.2) is 4.39 Å². The lowest BCUT2D eigenvalue weighted by Gasteiger charge is -2.29. The summed E-state index contributed by atoms with van der Waals surface area (Å²) in [6.07, 6.45) is 3.45. The zero-order valence-electron chi connectivity index (χ0n) is 16.5. The topological polar surface area (TPSA) is 52.7 Å². The Morgan fingerprint density at radius 1 is 1.10 bits per heavy atom. The van der Waals surface area contributed by atoms with Gasteiger partial charge in [0.2, 0.25) is 0 Å². The van der Waals surface area contributed by atoms with E-state index in [1.807, 2.05) is 11.8 Å². The first kappa shape index (κ1) is 21.7. The molecule has 0 spiro atoms. The first-order chi connectivity index (χ1) is 14.8. The number of carbonyl (C=O) groups excluding carboxylic acids is 2. The van der Waals surface area contributed by atoms with Gasteiger partial charge in [-0.3, -0.25) is 19.8 Å². The standard InChI is InChI=1S/C22H18Cl2FN3O2S/c1-12-8-19(27-6-2-3-7-27)18(25)10-13(12)9-15-20(29)26-22(31)28(21(15)30)14-4-5-16(23)17(24)11-14/h4-5,8-11H,2-3,6-7H2,1H3,(H,26,29,31)/b15-9+. The second kappa shape index (κ2) is 8.57. The maximum Gasteiger partial charge on any atom is 0.270 e. The van der Waals surface area contributed by atoms with Gasteiger partial charge in [0.15, 0.2) is 5.11 Å². The van der Waals surface area contributed by atoms with E-state index in [4.69, 9.17) is 35.4 Å². The van der Waals surface area contributed by atoms with Crippen molar-refractivity contribution in [2.24, 2.45) is 0 Å². The number of benzene rings is 2. The molecule has 4 rings (SSSR count). The molecule has 2 heterocycles. The zero-order chi connectivity index (χ0) is 22.3. The predicted octanol–water partition coefficient (Wildman–Crippen LogP) is 4.87. The molecule has 160 valence electrons. The number of rotatable bonds is 3. The molecule has 2 aliphatic rings. The van der Waals surface area contributed by atoms with Crippen molar-refractivity contribution in [2.45, 2.75) is 19.8 Å². The zero-order valence-corrected chi connectivity index (χ0v) is 18.9. The summed E-state index contributed by atoms with van der Waals surface area (Å²) in [5.41, 5.74) is 1.94. The molecule has 0 bridgehead atoms. The van der Waals surface area contributed by atoms with E-state index in [1.54, 1.807) is 12.1 Å². The number of aryl methyl sites for hydroxylation is 1. The lowest BCUT2D eigenvalue weighted by atomic mass is 10.0. The average molecular weight is 478 g/mol. The summed E-state index contributed by atoms with van der Waals surface area (Å²) in [5.74, 6) is -1.66. The number of hydrogen-bond acceptors (Lipinski definition) is 4. The number of nitrogens with zero attached hydrogens (tertiary/aromatic N) is 2. The molecular weight excluding hydrogens is 460 g/mol. The van der Waals surface area contributed by atoms with Crippen molar-refractivity contribution >= 4 is 69.8 Å². The van der Waals surface area contributed by atoms with Crippen molar-refractivity contribution in [1.29, 1.82) is 0 Å². The van der Waals surface area contributed by atoms with Crippen molar-refractivity contribution in [3.63, 3.8) is 0 Å². The molecule has 2 saturated heterocycles. The maximum absolute atomic E-state index is 14.8. The van der Waals surface area contributed by atoms with Crippen LogP contribution in [0.4, 0.5) is 15.8 Å². The summed E-state index contributed by atoms with van der Waals surface area (Å²) in [6, 6.07) is 7.69. The van der Waals surface area contributed by atoms with Gasteiger partial charge in [0, 0.05) is 13.1 Å². The van der Waals surface area contributed by atoms with Gasteiger partial charge in [0.25, 0.3) is 11.8 Å². The van der Waals surface area contributed by atoms with E-state index in [9.17, 15) is 14.0 Å². The molecule has 2 fully saturated rings.